The molecule has 0 aliphatic heterocycles. The Morgan fingerprint density at radius 2 is 1.45 bits per heavy atom. The standard InChI is InChI=1S/C32H31F6N3O3/c1-44-15-7-13-41(30(43)24-16-25(31(33,34)35)18-26(17-24)32(36,37)38)21-29(42)40(20-22-8-3-2-4-9-22)14-12-23-19-39-28-11-6-5-10-27(23)28/h2-6,8-11,16-19,39H,7,12-15,20-21H2,1H3. The number of nitrogens with one attached hydrogen (secondary N) is 1. The molecular weight excluding hydrogens is 588 g/mol. The Balaban J connectivity index is 1.62. The van der Waals surface area contributed by atoms with Crippen LogP contribution < -0.4 is 0 Å². The first-order valence-corrected chi connectivity index (χ1v) is 13.8. The molecule has 0 radical (unpaired) electrons. The third-order valence-corrected chi connectivity index (χ3v) is 7.12. The van der Waals surface area contributed by atoms with Crippen LogP contribution in [-0.2, 0) is 34.8 Å². The second-order valence-corrected chi connectivity index (χ2v) is 10.3. The van der Waals surface area contributed by atoms with Crippen LogP contribution in [0.3, 0.4) is 0 Å². The number of rotatable bonds is 12. The van der Waals surface area contributed by atoms with Gasteiger partial charge in [0.1, 0.15) is 6.54 Å². The summed E-state index contributed by atoms with van der Waals surface area (Å²) in [6.45, 7) is -0.0947. The fourth-order valence-electron chi connectivity index (χ4n) is 4.87. The van der Waals surface area contributed by atoms with Gasteiger partial charge in [0.05, 0.1) is 11.1 Å². The number of carbonyl (C=O) groups excluding carboxylic acids is 2. The summed E-state index contributed by atoms with van der Waals surface area (Å²) in [6.07, 6.45) is -7.73. The predicted octanol–water partition coefficient (Wildman–Crippen LogP) is 6.96. The van der Waals surface area contributed by atoms with Gasteiger partial charge in [0.25, 0.3) is 5.91 Å². The average Bonchev–Trinajstić information content (AvgIpc) is 3.41. The SMILES string of the molecule is COCCCN(CC(=O)N(CCc1c[nH]c2ccccc12)Cc1ccccc1)C(=O)c1cc(C(F)(F)F)cc(C(F)(F)F)c1. The van der Waals surface area contributed by atoms with Gasteiger partial charge in [0.15, 0.2) is 0 Å². The van der Waals surface area contributed by atoms with Gasteiger partial charge >= 0.3 is 12.4 Å². The lowest BCUT2D eigenvalue weighted by Crippen LogP contribution is -2.44. The highest BCUT2D eigenvalue weighted by Crippen LogP contribution is 2.36. The summed E-state index contributed by atoms with van der Waals surface area (Å²) in [4.78, 5) is 32.9. The molecule has 44 heavy (non-hydrogen) atoms. The van der Waals surface area contributed by atoms with Crippen LogP contribution in [0.4, 0.5) is 26.3 Å². The smallest absolute Gasteiger partial charge is 0.385 e. The van der Waals surface area contributed by atoms with Gasteiger partial charge < -0.3 is 19.5 Å². The van der Waals surface area contributed by atoms with Crippen LogP contribution >= 0.6 is 0 Å². The van der Waals surface area contributed by atoms with Gasteiger partial charge in [-0.2, -0.15) is 26.3 Å². The number of benzene rings is 3. The van der Waals surface area contributed by atoms with Crippen molar-refractivity contribution in [3.8, 4) is 0 Å². The highest BCUT2D eigenvalue weighted by molar-refractivity contribution is 5.97. The molecule has 234 valence electrons. The van der Waals surface area contributed by atoms with Crippen LogP contribution in [-0.4, -0.2) is 59.9 Å². The number of hydrogen-bond acceptors (Lipinski definition) is 3. The van der Waals surface area contributed by atoms with Crippen molar-refractivity contribution >= 4 is 22.7 Å². The number of halogens is 6. The number of methoxy groups -OCH3 is 1. The molecule has 0 spiro atoms. The Labute approximate surface area is 250 Å². The summed E-state index contributed by atoms with van der Waals surface area (Å²) in [6, 6.07) is 17.5. The minimum Gasteiger partial charge on any atom is -0.385 e. The van der Waals surface area contributed by atoms with Gasteiger partial charge in [0, 0.05) is 56.0 Å². The first-order valence-electron chi connectivity index (χ1n) is 13.8. The molecule has 0 saturated carbocycles. The van der Waals surface area contributed by atoms with Crippen LogP contribution in [0.2, 0.25) is 0 Å². The first kappa shape index (κ1) is 32.6. The second-order valence-electron chi connectivity index (χ2n) is 10.3. The molecule has 0 unspecified atom stereocenters. The summed E-state index contributed by atoms with van der Waals surface area (Å²) in [5, 5.41) is 0.987. The molecule has 0 atom stereocenters. The van der Waals surface area contributed by atoms with E-state index in [1.165, 1.54) is 12.0 Å². The van der Waals surface area contributed by atoms with E-state index in [9.17, 15) is 35.9 Å². The maximum absolute atomic E-state index is 13.7. The highest BCUT2D eigenvalue weighted by Gasteiger charge is 2.38. The number of alkyl halides is 6. The molecule has 0 saturated heterocycles. The topological polar surface area (TPSA) is 65.6 Å². The van der Waals surface area contributed by atoms with Crippen LogP contribution in [0.25, 0.3) is 10.9 Å². The zero-order chi connectivity index (χ0) is 31.9. The summed E-state index contributed by atoms with van der Waals surface area (Å²) >= 11 is 0. The molecule has 0 fully saturated rings. The summed E-state index contributed by atoms with van der Waals surface area (Å²) in [5.41, 5.74) is -1.33. The molecular formula is C32H31F6N3O3. The van der Waals surface area contributed by atoms with E-state index >= 15 is 0 Å². The predicted molar refractivity (Wildman–Crippen MR) is 153 cm³/mol. The maximum atomic E-state index is 13.7. The van der Waals surface area contributed by atoms with Crippen molar-refractivity contribution < 1.29 is 40.7 Å². The van der Waals surface area contributed by atoms with Crippen molar-refractivity contribution in [1.82, 2.24) is 14.8 Å². The van der Waals surface area contributed by atoms with E-state index < -0.39 is 47.4 Å². The lowest BCUT2D eigenvalue weighted by atomic mass is 10.0. The number of nitrogens with zero attached hydrogens (tertiary/aromatic N) is 2. The van der Waals surface area contributed by atoms with Crippen molar-refractivity contribution in [1.29, 1.82) is 0 Å². The highest BCUT2D eigenvalue weighted by atomic mass is 19.4. The lowest BCUT2D eigenvalue weighted by molar-refractivity contribution is -0.143. The molecule has 4 aromatic rings. The summed E-state index contributed by atoms with van der Waals surface area (Å²) in [7, 11) is 1.41. The van der Waals surface area contributed by atoms with Crippen molar-refractivity contribution in [2.24, 2.45) is 0 Å². The number of carbonyl (C=O) groups is 2. The third kappa shape index (κ3) is 8.40. The minimum atomic E-state index is -5.12. The van der Waals surface area contributed by atoms with Crippen LogP contribution in [0.1, 0.15) is 39.0 Å². The Bertz CT molecular complexity index is 1530. The van der Waals surface area contributed by atoms with Gasteiger partial charge in [-0.25, -0.2) is 0 Å². The van der Waals surface area contributed by atoms with Crippen LogP contribution in [0.5, 0.6) is 0 Å². The molecule has 0 bridgehead atoms. The molecule has 0 aliphatic rings. The number of para-hydroxylation sites is 1. The Kier molecular flexibility index (Phi) is 10.4. The Hall–Kier alpha value is -4.32. The monoisotopic (exact) mass is 619 g/mol. The van der Waals surface area contributed by atoms with Gasteiger partial charge in [-0.15, -0.1) is 0 Å². The van der Waals surface area contributed by atoms with E-state index in [0.717, 1.165) is 26.9 Å². The molecule has 1 aromatic heterocycles. The van der Waals surface area contributed by atoms with E-state index in [-0.39, 0.29) is 38.7 Å². The van der Waals surface area contributed by atoms with E-state index in [1.54, 1.807) is 0 Å². The number of amides is 2. The maximum Gasteiger partial charge on any atom is 0.416 e. The zero-order valence-electron chi connectivity index (χ0n) is 23.8. The second kappa shape index (κ2) is 14.0. The molecule has 0 aliphatic carbocycles. The van der Waals surface area contributed by atoms with Crippen LogP contribution in [0.15, 0.2) is 79.0 Å². The van der Waals surface area contributed by atoms with Crippen molar-refractivity contribution in [3.05, 3.63) is 107 Å². The lowest BCUT2D eigenvalue weighted by Gasteiger charge is -2.28. The minimum absolute atomic E-state index is 0.0382. The average molecular weight is 620 g/mol. The molecule has 12 heteroatoms. The molecule has 3 aromatic carbocycles. The van der Waals surface area contributed by atoms with E-state index in [1.807, 2.05) is 60.8 Å². The molecule has 1 N–H and O–H groups in total. The number of fused-ring (bicyclic) bond motifs is 1. The molecule has 6 nitrogen and oxygen atoms in total. The van der Waals surface area contributed by atoms with Crippen molar-refractivity contribution in [2.45, 2.75) is 31.7 Å². The van der Waals surface area contributed by atoms with Crippen molar-refractivity contribution in [2.75, 3.05) is 33.4 Å². The van der Waals surface area contributed by atoms with Crippen molar-refractivity contribution in [3.63, 3.8) is 0 Å². The van der Waals surface area contributed by atoms with Gasteiger partial charge in [-0.1, -0.05) is 48.5 Å². The summed E-state index contributed by atoms with van der Waals surface area (Å²) < 4.78 is 86.0. The number of ether oxygens (including phenoxy) is 1. The van der Waals surface area contributed by atoms with E-state index in [4.69, 9.17) is 4.74 Å². The molecule has 1 heterocycles. The van der Waals surface area contributed by atoms with Crippen LogP contribution in [0, 0.1) is 0 Å². The first-order chi connectivity index (χ1) is 20.9. The Morgan fingerprint density at radius 1 is 0.818 bits per heavy atom. The normalized spacial score (nSPS) is 12.0. The number of aromatic amines is 1. The number of hydrogen-bond donors (Lipinski definition) is 1. The fourth-order valence-corrected chi connectivity index (χ4v) is 4.87. The number of aromatic nitrogens is 1. The van der Waals surface area contributed by atoms with Gasteiger partial charge in [0.2, 0.25) is 5.91 Å². The van der Waals surface area contributed by atoms with Gasteiger partial charge in [-0.3, -0.25) is 9.59 Å². The molecule has 4 rings (SSSR count). The zero-order valence-corrected chi connectivity index (χ0v) is 23.8. The van der Waals surface area contributed by atoms with E-state index in [0.29, 0.717) is 18.6 Å². The quantitative estimate of drug-likeness (QED) is 0.138. The van der Waals surface area contributed by atoms with Gasteiger partial charge in [-0.05, 0) is 48.2 Å². The third-order valence-electron chi connectivity index (χ3n) is 7.12. The van der Waals surface area contributed by atoms with E-state index in [2.05, 4.69) is 4.98 Å². The molecule has 2 amide bonds. The Morgan fingerprint density at radius 3 is 2.09 bits per heavy atom. The largest absolute Gasteiger partial charge is 0.416 e. The number of H-pyrrole nitrogens is 1. The fraction of sp³-hybridized carbons (Fsp3) is 0.312. The summed E-state index contributed by atoms with van der Waals surface area (Å²) in [5.74, 6) is -1.63.